The number of carbonyl (C=O) groups is 2. The minimum atomic E-state index is -1.03. The third-order valence-electron chi connectivity index (χ3n) is 1.73. The van der Waals surface area contributed by atoms with Crippen LogP contribution in [0.3, 0.4) is 0 Å². The summed E-state index contributed by atoms with van der Waals surface area (Å²) in [6.45, 7) is 0. The molecule has 0 aliphatic carbocycles. The topological polar surface area (TPSA) is 77.3 Å². The number of halogens is 1. The van der Waals surface area contributed by atoms with Crippen molar-refractivity contribution in [2.75, 3.05) is 0 Å². The zero-order valence-corrected chi connectivity index (χ0v) is 8.23. The molecule has 0 aliphatic heterocycles. The Morgan fingerprint density at radius 1 is 1.27 bits per heavy atom. The van der Waals surface area contributed by atoms with E-state index in [0.717, 1.165) is 0 Å². The van der Waals surface area contributed by atoms with E-state index in [2.05, 4.69) is 0 Å². The molecule has 78 valence electrons. The van der Waals surface area contributed by atoms with E-state index in [-0.39, 0.29) is 12.1 Å². The van der Waals surface area contributed by atoms with Gasteiger partial charge in [0.05, 0.1) is 4.92 Å². The number of Topliss-reactive ketones (excluding diaryl/α,β-unsaturated/α-hetero) is 1. The van der Waals surface area contributed by atoms with E-state index in [0.29, 0.717) is 5.56 Å². The molecule has 1 aromatic carbocycles. The quantitative estimate of drug-likeness (QED) is 0.338. The number of benzene rings is 1. The lowest BCUT2D eigenvalue weighted by atomic mass is 10.1. The molecule has 1 rings (SSSR count). The molecule has 0 aliphatic rings. The molecule has 0 atom stereocenters. The normalized spacial score (nSPS) is 9.67. The molecule has 6 heteroatoms. The van der Waals surface area contributed by atoms with Gasteiger partial charge in [0.1, 0.15) is 0 Å². The fourth-order valence-electron chi connectivity index (χ4n) is 0.990. The van der Waals surface area contributed by atoms with E-state index in [1.165, 1.54) is 24.3 Å². The van der Waals surface area contributed by atoms with Gasteiger partial charge in [0, 0.05) is 18.6 Å². The highest BCUT2D eigenvalue weighted by Gasteiger charge is 2.12. The first-order valence-corrected chi connectivity index (χ1v) is 4.34. The van der Waals surface area contributed by atoms with Crippen LogP contribution in [0.5, 0.6) is 0 Å². The van der Waals surface area contributed by atoms with Crippen molar-refractivity contribution in [3.63, 3.8) is 0 Å². The van der Waals surface area contributed by atoms with Crippen LogP contribution in [0.25, 0.3) is 0 Å². The molecule has 0 N–H and O–H groups in total. The van der Waals surface area contributed by atoms with Crippen molar-refractivity contribution < 1.29 is 14.5 Å². The van der Waals surface area contributed by atoms with E-state index in [4.69, 9.17) is 11.6 Å². The van der Waals surface area contributed by atoms with E-state index in [1.807, 2.05) is 0 Å². The molecule has 0 amide bonds. The van der Waals surface area contributed by atoms with Gasteiger partial charge in [-0.15, -0.1) is 0 Å². The summed E-state index contributed by atoms with van der Waals surface area (Å²) in [6.07, 6.45) is -0.139. The van der Waals surface area contributed by atoms with Crippen molar-refractivity contribution in [3.05, 3.63) is 39.9 Å². The Balaban J connectivity index is 2.77. The van der Waals surface area contributed by atoms with E-state index < -0.39 is 15.9 Å². The van der Waals surface area contributed by atoms with Crippen LogP contribution >= 0.6 is 11.6 Å². The Hall–Kier alpha value is -1.75. The minimum Gasteiger partial charge on any atom is -0.289 e. The number of non-ortho nitro benzene ring substituents is 1. The molecule has 0 saturated heterocycles. The van der Waals surface area contributed by atoms with Gasteiger partial charge in [0.25, 0.3) is 10.9 Å². The second-order valence-corrected chi connectivity index (χ2v) is 3.14. The second kappa shape index (κ2) is 4.65. The van der Waals surface area contributed by atoms with Gasteiger partial charge in [-0.1, -0.05) is 12.1 Å². The number of hydrogen-bond acceptors (Lipinski definition) is 4. The summed E-state index contributed by atoms with van der Waals surface area (Å²) in [5.41, 5.74) is 0.447. The van der Waals surface area contributed by atoms with Crippen molar-refractivity contribution in [2.45, 2.75) is 6.42 Å². The van der Waals surface area contributed by atoms with E-state index in [1.54, 1.807) is 0 Å². The summed E-state index contributed by atoms with van der Waals surface area (Å²) < 4.78 is 0. The highest BCUT2D eigenvalue weighted by atomic mass is 35.5. The van der Waals surface area contributed by atoms with Gasteiger partial charge in [-0.3, -0.25) is 19.7 Å². The van der Waals surface area contributed by atoms with Gasteiger partial charge >= 0.3 is 0 Å². The van der Waals surface area contributed by atoms with Crippen molar-refractivity contribution in [1.29, 1.82) is 0 Å². The standard InChI is InChI=1S/C9H6ClNO4/c10-9(13)8(12)5-6-1-3-7(4-2-6)11(14)15/h1-4H,5H2. The van der Waals surface area contributed by atoms with Gasteiger partial charge < -0.3 is 0 Å². The predicted molar refractivity (Wildman–Crippen MR) is 52.7 cm³/mol. The average molecular weight is 228 g/mol. The Kier molecular flexibility index (Phi) is 3.51. The lowest BCUT2D eigenvalue weighted by Crippen LogP contribution is -2.10. The molecular formula is C9H6ClNO4. The molecule has 0 aromatic heterocycles. The number of rotatable bonds is 4. The Bertz CT molecular complexity index is 413. The summed E-state index contributed by atoms with van der Waals surface area (Å²) in [5, 5.41) is 9.27. The van der Waals surface area contributed by atoms with Gasteiger partial charge in [0.15, 0.2) is 0 Å². The molecule has 0 heterocycles. The third-order valence-corrected chi connectivity index (χ3v) is 1.94. The van der Waals surface area contributed by atoms with Crippen LogP contribution in [0.4, 0.5) is 5.69 Å². The maximum absolute atomic E-state index is 10.9. The lowest BCUT2D eigenvalue weighted by Gasteiger charge is -1.96. The van der Waals surface area contributed by atoms with Crippen LogP contribution in [0.2, 0.25) is 0 Å². The second-order valence-electron chi connectivity index (χ2n) is 2.80. The third kappa shape index (κ3) is 3.14. The predicted octanol–water partition coefficient (Wildman–Crippen LogP) is 1.47. The summed E-state index contributed by atoms with van der Waals surface area (Å²) in [5.74, 6) is -0.731. The number of carbonyl (C=O) groups excluding carboxylic acids is 2. The van der Waals surface area contributed by atoms with Crippen molar-refractivity contribution >= 4 is 28.3 Å². The van der Waals surface area contributed by atoms with Crippen molar-refractivity contribution in [1.82, 2.24) is 0 Å². The molecule has 0 unspecified atom stereocenters. The first-order valence-electron chi connectivity index (χ1n) is 3.96. The molecule has 0 saturated carbocycles. The zero-order chi connectivity index (χ0) is 11.4. The maximum Gasteiger partial charge on any atom is 0.288 e. The number of ketones is 1. The fraction of sp³-hybridized carbons (Fsp3) is 0.111. The van der Waals surface area contributed by atoms with Gasteiger partial charge in [-0.25, -0.2) is 0 Å². The number of nitro benzene ring substituents is 1. The Morgan fingerprint density at radius 3 is 2.20 bits per heavy atom. The van der Waals surface area contributed by atoms with Crippen LogP contribution in [-0.4, -0.2) is 15.9 Å². The fourth-order valence-corrected chi connectivity index (χ4v) is 1.06. The molecule has 1 aromatic rings. The maximum atomic E-state index is 10.9. The highest BCUT2D eigenvalue weighted by Crippen LogP contribution is 2.12. The summed E-state index contributed by atoms with van der Waals surface area (Å²) in [4.78, 5) is 31.1. The lowest BCUT2D eigenvalue weighted by molar-refractivity contribution is -0.384. The van der Waals surface area contributed by atoms with Crippen molar-refractivity contribution in [2.24, 2.45) is 0 Å². The van der Waals surface area contributed by atoms with Crippen LogP contribution in [-0.2, 0) is 16.0 Å². The molecule has 5 nitrogen and oxygen atoms in total. The van der Waals surface area contributed by atoms with E-state index in [9.17, 15) is 19.7 Å². The Labute approximate surface area is 89.8 Å². The molecule has 0 radical (unpaired) electrons. The van der Waals surface area contributed by atoms with Gasteiger partial charge in [-0.05, 0) is 17.2 Å². The molecule has 0 fully saturated rings. The van der Waals surface area contributed by atoms with Crippen LogP contribution in [0.15, 0.2) is 24.3 Å². The first-order chi connectivity index (χ1) is 7.00. The average Bonchev–Trinajstić information content (AvgIpc) is 2.18. The van der Waals surface area contributed by atoms with Crippen LogP contribution in [0, 0.1) is 10.1 Å². The molecule has 0 spiro atoms. The van der Waals surface area contributed by atoms with Gasteiger partial charge in [-0.2, -0.15) is 0 Å². The Morgan fingerprint density at radius 2 is 1.80 bits per heavy atom. The van der Waals surface area contributed by atoms with Gasteiger partial charge in [0.2, 0.25) is 5.78 Å². The summed E-state index contributed by atoms with van der Waals surface area (Å²) in [6, 6.07) is 5.36. The SMILES string of the molecule is O=C(Cl)C(=O)Cc1ccc([N+](=O)[O-])cc1. The number of hydrogen-bond donors (Lipinski definition) is 0. The molecular weight excluding hydrogens is 222 g/mol. The smallest absolute Gasteiger partial charge is 0.288 e. The minimum absolute atomic E-state index is 0.0663. The number of nitro groups is 1. The van der Waals surface area contributed by atoms with Crippen LogP contribution < -0.4 is 0 Å². The zero-order valence-electron chi connectivity index (χ0n) is 7.47. The molecule has 15 heavy (non-hydrogen) atoms. The molecule has 0 bridgehead atoms. The summed E-state index contributed by atoms with van der Waals surface area (Å²) >= 11 is 4.96. The largest absolute Gasteiger partial charge is 0.289 e. The highest BCUT2D eigenvalue weighted by molar-refractivity contribution is 6.81. The number of nitrogens with zero attached hydrogens (tertiary/aromatic N) is 1. The first kappa shape index (κ1) is 11.3. The summed E-state index contributed by atoms with van der Waals surface area (Å²) in [7, 11) is 0. The van der Waals surface area contributed by atoms with E-state index >= 15 is 0 Å². The van der Waals surface area contributed by atoms with Crippen molar-refractivity contribution in [3.8, 4) is 0 Å². The van der Waals surface area contributed by atoms with Crippen LogP contribution in [0.1, 0.15) is 5.56 Å². The monoisotopic (exact) mass is 227 g/mol.